The standard InChI is InChI=1S/C17H18N6O/c1-9-5-11(9)17(24)22-15-7-10-6-13(14-3-4-20-23(14)2)21-16(18)12(10)8-19-15/h3-4,6-9,11H,5H2,1-2H3,(H2,18,21)(H,19,22,24)/t9-,11+/m0/s1. The van der Waals surface area contributed by atoms with Crippen LogP contribution in [0.1, 0.15) is 13.3 Å². The van der Waals surface area contributed by atoms with E-state index in [1.807, 2.05) is 25.2 Å². The smallest absolute Gasteiger partial charge is 0.228 e. The van der Waals surface area contributed by atoms with Crippen molar-refractivity contribution in [2.45, 2.75) is 13.3 Å². The number of hydrogen-bond acceptors (Lipinski definition) is 5. The molecule has 7 nitrogen and oxygen atoms in total. The zero-order chi connectivity index (χ0) is 16.8. The molecular formula is C17H18N6O. The zero-order valence-electron chi connectivity index (χ0n) is 13.5. The number of anilines is 2. The molecule has 4 rings (SSSR count). The predicted molar refractivity (Wildman–Crippen MR) is 92.1 cm³/mol. The van der Waals surface area contributed by atoms with Crippen molar-refractivity contribution in [3.63, 3.8) is 0 Å². The van der Waals surface area contributed by atoms with Crippen molar-refractivity contribution in [3.8, 4) is 11.4 Å². The van der Waals surface area contributed by atoms with E-state index in [0.29, 0.717) is 17.6 Å². The highest BCUT2D eigenvalue weighted by Gasteiger charge is 2.39. The molecule has 2 atom stereocenters. The number of aryl methyl sites for hydroxylation is 1. The molecule has 0 aromatic carbocycles. The van der Waals surface area contributed by atoms with Crippen LogP contribution in [0.5, 0.6) is 0 Å². The number of amides is 1. The molecule has 0 radical (unpaired) electrons. The normalized spacial score (nSPS) is 19.4. The summed E-state index contributed by atoms with van der Waals surface area (Å²) >= 11 is 0. The monoisotopic (exact) mass is 322 g/mol. The summed E-state index contributed by atoms with van der Waals surface area (Å²) in [5.74, 6) is 1.54. The van der Waals surface area contributed by atoms with E-state index in [1.165, 1.54) is 0 Å². The largest absolute Gasteiger partial charge is 0.383 e. The summed E-state index contributed by atoms with van der Waals surface area (Å²) in [6.45, 7) is 2.07. The van der Waals surface area contributed by atoms with Gasteiger partial charge in [-0.05, 0) is 35.9 Å². The van der Waals surface area contributed by atoms with E-state index >= 15 is 0 Å². The number of rotatable bonds is 3. The number of hydrogen-bond donors (Lipinski definition) is 2. The third-order valence-electron chi connectivity index (χ3n) is 4.53. The average molecular weight is 322 g/mol. The Labute approximate surface area is 138 Å². The van der Waals surface area contributed by atoms with Crippen molar-refractivity contribution >= 4 is 28.3 Å². The quantitative estimate of drug-likeness (QED) is 0.770. The van der Waals surface area contributed by atoms with Crippen LogP contribution in [0.15, 0.2) is 30.6 Å². The van der Waals surface area contributed by atoms with Gasteiger partial charge in [0.25, 0.3) is 0 Å². The Bertz CT molecular complexity index is 947. The summed E-state index contributed by atoms with van der Waals surface area (Å²) < 4.78 is 1.74. The Hall–Kier alpha value is -2.96. The number of carbonyl (C=O) groups excluding carboxylic acids is 1. The molecule has 0 bridgehead atoms. The molecule has 0 spiro atoms. The van der Waals surface area contributed by atoms with Crippen molar-refractivity contribution < 1.29 is 4.79 Å². The van der Waals surface area contributed by atoms with Gasteiger partial charge in [-0.25, -0.2) is 9.97 Å². The second-order valence-corrected chi connectivity index (χ2v) is 6.33. The Morgan fingerprint density at radius 3 is 2.88 bits per heavy atom. The highest BCUT2D eigenvalue weighted by molar-refractivity contribution is 5.98. The number of nitrogens with one attached hydrogen (secondary N) is 1. The SMILES string of the molecule is C[C@H]1C[C@H]1C(=O)Nc1cc2cc(-c3ccnn3C)nc(N)c2cn1. The Balaban J connectivity index is 1.72. The van der Waals surface area contributed by atoms with E-state index in [2.05, 4.69) is 27.3 Å². The van der Waals surface area contributed by atoms with Gasteiger partial charge < -0.3 is 11.1 Å². The molecule has 1 aliphatic carbocycles. The maximum Gasteiger partial charge on any atom is 0.228 e. The first-order valence-corrected chi connectivity index (χ1v) is 7.88. The fraction of sp³-hybridized carbons (Fsp3) is 0.294. The highest BCUT2D eigenvalue weighted by Crippen LogP contribution is 2.38. The molecule has 0 unspecified atom stereocenters. The van der Waals surface area contributed by atoms with Crippen molar-refractivity contribution in [1.29, 1.82) is 0 Å². The van der Waals surface area contributed by atoms with Crippen LogP contribution in [-0.2, 0) is 11.8 Å². The van der Waals surface area contributed by atoms with E-state index in [0.717, 1.165) is 28.6 Å². The van der Waals surface area contributed by atoms with E-state index in [4.69, 9.17) is 5.73 Å². The lowest BCUT2D eigenvalue weighted by atomic mass is 10.1. The second kappa shape index (κ2) is 5.30. The van der Waals surface area contributed by atoms with Crippen LogP contribution in [-0.4, -0.2) is 25.7 Å². The fourth-order valence-electron chi connectivity index (χ4n) is 2.91. The average Bonchev–Trinajstić information content (AvgIpc) is 3.12. The van der Waals surface area contributed by atoms with Gasteiger partial charge in [0.15, 0.2) is 0 Å². The van der Waals surface area contributed by atoms with Crippen LogP contribution in [0.3, 0.4) is 0 Å². The fourth-order valence-corrected chi connectivity index (χ4v) is 2.91. The van der Waals surface area contributed by atoms with Gasteiger partial charge in [-0.2, -0.15) is 5.10 Å². The van der Waals surface area contributed by atoms with Gasteiger partial charge in [-0.15, -0.1) is 0 Å². The van der Waals surface area contributed by atoms with E-state index in [9.17, 15) is 4.79 Å². The first-order chi connectivity index (χ1) is 11.5. The van der Waals surface area contributed by atoms with Crippen LogP contribution >= 0.6 is 0 Å². The van der Waals surface area contributed by atoms with Gasteiger partial charge in [0.2, 0.25) is 5.91 Å². The topological polar surface area (TPSA) is 98.7 Å². The molecule has 1 aliphatic rings. The van der Waals surface area contributed by atoms with Gasteiger partial charge >= 0.3 is 0 Å². The molecule has 0 saturated heterocycles. The van der Waals surface area contributed by atoms with E-state index < -0.39 is 0 Å². The third kappa shape index (κ3) is 2.47. The summed E-state index contributed by atoms with van der Waals surface area (Å²) in [5, 5.41) is 8.69. The molecule has 3 N–H and O–H groups in total. The lowest BCUT2D eigenvalue weighted by Gasteiger charge is -2.09. The van der Waals surface area contributed by atoms with Crippen LogP contribution in [0.25, 0.3) is 22.2 Å². The molecule has 7 heteroatoms. The molecule has 1 amide bonds. The first-order valence-electron chi connectivity index (χ1n) is 7.88. The summed E-state index contributed by atoms with van der Waals surface area (Å²) in [6, 6.07) is 5.64. The Kier molecular flexibility index (Phi) is 3.23. The minimum atomic E-state index is 0.0308. The summed E-state index contributed by atoms with van der Waals surface area (Å²) in [4.78, 5) is 20.8. The number of nitrogen functional groups attached to an aromatic ring is 1. The number of nitrogens with two attached hydrogens (primary N) is 1. The van der Waals surface area contributed by atoms with Crippen LogP contribution in [0, 0.1) is 11.8 Å². The van der Waals surface area contributed by atoms with Crippen LogP contribution in [0.2, 0.25) is 0 Å². The second-order valence-electron chi connectivity index (χ2n) is 6.33. The van der Waals surface area contributed by atoms with E-state index in [1.54, 1.807) is 17.1 Å². The molecule has 3 aromatic heterocycles. The van der Waals surface area contributed by atoms with Gasteiger partial charge in [0.05, 0.1) is 11.4 Å². The van der Waals surface area contributed by atoms with Gasteiger partial charge in [0.1, 0.15) is 11.6 Å². The van der Waals surface area contributed by atoms with Crippen LogP contribution < -0.4 is 11.1 Å². The van der Waals surface area contributed by atoms with Crippen molar-refractivity contribution in [3.05, 3.63) is 30.6 Å². The first kappa shape index (κ1) is 14.6. The molecule has 24 heavy (non-hydrogen) atoms. The molecule has 3 aromatic rings. The molecule has 1 fully saturated rings. The maximum atomic E-state index is 12.1. The van der Waals surface area contributed by atoms with Crippen LogP contribution in [0.4, 0.5) is 11.6 Å². The molecule has 0 aliphatic heterocycles. The number of carbonyl (C=O) groups is 1. The van der Waals surface area contributed by atoms with Crippen molar-refractivity contribution in [2.75, 3.05) is 11.1 Å². The molecule has 122 valence electrons. The molecular weight excluding hydrogens is 304 g/mol. The maximum absolute atomic E-state index is 12.1. The number of nitrogens with zero attached hydrogens (tertiary/aromatic N) is 4. The third-order valence-corrected chi connectivity index (χ3v) is 4.53. The lowest BCUT2D eigenvalue weighted by Crippen LogP contribution is -2.15. The van der Waals surface area contributed by atoms with Crippen molar-refractivity contribution in [1.82, 2.24) is 19.7 Å². The predicted octanol–water partition coefficient (Wildman–Crippen LogP) is 2.21. The number of aromatic nitrogens is 4. The summed E-state index contributed by atoms with van der Waals surface area (Å²) in [7, 11) is 1.85. The summed E-state index contributed by atoms with van der Waals surface area (Å²) in [5.41, 5.74) is 7.68. The Morgan fingerprint density at radius 2 is 2.21 bits per heavy atom. The van der Waals surface area contributed by atoms with Crippen molar-refractivity contribution in [2.24, 2.45) is 18.9 Å². The number of pyridine rings is 2. The van der Waals surface area contributed by atoms with Gasteiger partial charge in [-0.1, -0.05) is 6.92 Å². The zero-order valence-corrected chi connectivity index (χ0v) is 13.5. The minimum Gasteiger partial charge on any atom is -0.383 e. The number of fused-ring (bicyclic) bond motifs is 1. The molecule has 1 saturated carbocycles. The highest BCUT2D eigenvalue weighted by atomic mass is 16.2. The lowest BCUT2D eigenvalue weighted by molar-refractivity contribution is -0.117. The minimum absolute atomic E-state index is 0.0308. The summed E-state index contributed by atoms with van der Waals surface area (Å²) in [6.07, 6.45) is 4.31. The molecule has 3 heterocycles. The van der Waals surface area contributed by atoms with Gasteiger partial charge in [0, 0.05) is 30.7 Å². The van der Waals surface area contributed by atoms with E-state index in [-0.39, 0.29) is 11.8 Å². The van der Waals surface area contributed by atoms with Gasteiger partial charge in [-0.3, -0.25) is 9.48 Å². The Morgan fingerprint density at radius 1 is 1.42 bits per heavy atom.